The van der Waals surface area contributed by atoms with Gasteiger partial charge >= 0.3 is 0 Å². The smallest absolute Gasteiger partial charge is 0.0558 e. The van der Waals surface area contributed by atoms with Crippen LogP contribution in [0.3, 0.4) is 0 Å². The number of nitrogens with zero attached hydrogens (tertiary/aromatic N) is 1. The molecule has 0 aliphatic heterocycles. The summed E-state index contributed by atoms with van der Waals surface area (Å²) in [7, 11) is 0. The fourth-order valence-corrected chi connectivity index (χ4v) is 3.27. The third-order valence-corrected chi connectivity index (χ3v) is 4.87. The van der Waals surface area contributed by atoms with E-state index in [9.17, 15) is 0 Å². The summed E-state index contributed by atoms with van der Waals surface area (Å²) in [4.78, 5) is 2.19. The van der Waals surface area contributed by atoms with E-state index in [4.69, 9.17) is 10.2 Å². The summed E-state index contributed by atoms with van der Waals surface area (Å²) in [5, 5.41) is 18.1. The van der Waals surface area contributed by atoms with Crippen molar-refractivity contribution in [3.8, 4) is 0 Å². The number of unbranched alkanes of at least 4 members (excludes halogenated alkanes) is 11. The topological polar surface area (TPSA) is 43.7 Å². The average molecular weight is 330 g/mol. The average Bonchev–Trinajstić information content (AvgIpc) is 2.55. The molecule has 2 N–H and O–H groups in total. The second-order valence-corrected chi connectivity index (χ2v) is 7.01. The van der Waals surface area contributed by atoms with Gasteiger partial charge in [0.2, 0.25) is 0 Å². The first-order chi connectivity index (χ1) is 11.3. The van der Waals surface area contributed by atoms with Crippen LogP contribution in [0, 0.1) is 0 Å². The van der Waals surface area contributed by atoms with Crippen molar-refractivity contribution in [3.05, 3.63) is 0 Å². The second kappa shape index (κ2) is 18.2. The Morgan fingerprint density at radius 2 is 1.04 bits per heavy atom. The van der Waals surface area contributed by atoms with E-state index in [1.54, 1.807) is 0 Å². The molecule has 0 saturated carbocycles. The van der Waals surface area contributed by atoms with E-state index in [2.05, 4.69) is 18.7 Å². The van der Waals surface area contributed by atoms with Gasteiger partial charge in [0, 0.05) is 19.1 Å². The van der Waals surface area contributed by atoms with E-state index >= 15 is 0 Å². The van der Waals surface area contributed by atoms with Gasteiger partial charge in [0.05, 0.1) is 13.2 Å². The highest BCUT2D eigenvalue weighted by Crippen LogP contribution is 2.14. The number of aliphatic hydroxyl groups is 2. The third-order valence-electron chi connectivity index (χ3n) is 4.87. The molecular formula is C20H43NO2. The molecule has 23 heavy (non-hydrogen) atoms. The number of hydrogen-bond donors (Lipinski definition) is 2. The van der Waals surface area contributed by atoms with Gasteiger partial charge in [-0.2, -0.15) is 0 Å². The van der Waals surface area contributed by atoms with E-state index in [0.717, 1.165) is 0 Å². The molecule has 0 heterocycles. The highest BCUT2D eigenvalue weighted by atomic mass is 16.3. The van der Waals surface area contributed by atoms with Crippen LogP contribution in [0.2, 0.25) is 0 Å². The van der Waals surface area contributed by atoms with E-state index < -0.39 is 0 Å². The maximum Gasteiger partial charge on any atom is 0.0558 e. The predicted molar refractivity (Wildman–Crippen MR) is 101 cm³/mol. The van der Waals surface area contributed by atoms with E-state index in [-0.39, 0.29) is 13.2 Å². The lowest BCUT2D eigenvalue weighted by Gasteiger charge is -2.27. The van der Waals surface area contributed by atoms with Gasteiger partial charge in [0.15, 0.2) is 0 Å². The lowest BCUT2D eigenvalue weighted by atomic mass is 10.0. The van der Waals surface area contributed by atoms with Crippen molar-refractivity contribution in [2.75, 3.05) is 26.3 Å². The zero-order valence-corrected chi connectivity index (χ0v) is 15.9. The van der Waals surface area contributed by atoms with Crippen molar-refractivity contribution in [2.45, 2.75) is 103 Å². The first kappa shape index (κ1) is 22.9. The van der Waals surface area contributed by atoms with Gasteiger partial charge in [-0.05, 0) is 13.3 Å². The molecule has 3 heteroatoms. The number of aliphatic hydroxyl groups excluding tert-OH is 2. The SMILES string of the molecule is CCCCCCCCCCCCCCC(C)N(CCO)CCO. The summed E-state index contributed by atoms with van der Waals surface area (Å²) >= 11 is 0. The van der Waals surface area contributed by atoms with Gasteiger partial charge in [-0.1, -0.05) is 84.0 Å². The predicted octanol–water partition coefficient (Wildman–Crippen LogP) is 4.75. The molecule has 0 spiro atoms. The highest BCUT2D eigenvalue weighted by molar-refractivity contribution is 4.67. The van der Waals surface area contributed by atoms with Crippen LogP contribution in [0.25, 0.3) is 0 Å². The van der Waals surface area contributed by atoms with Gasteiger partial charge in [-0.3, -0.25) is 4.90 Å². The van der Waals surface area contributed by atoms with E-state index in [1.165, 1.54) is 83.5 Å². The summed E-state index contributed by atoms with van der Waals surface area (Å²) in [6.45, 7) is 6.22. The van der Waals surface area contributed by atoms with E-state index in [1.807, 2.05) is 0 Å². The van der Waals surface area contributed by atoms with Crippen molar-refractivity contribution in [1.29, 1.82) is 0 Å². The summed E-state index contributed by atoms with van der Waals surface area (Å²) in [5.74, 6) is 0. The third kappa shape index (κ3) is 15.2. The van der Waals surface area contributed by atoms with Crippen LogP contribution < -0.4 is 0 Å². The van der Waals surface area contributed by atoms with Gasteiger partial charge in [-0.25, -0.2) is 0 Å². The van der Waals surface area contributed by atoms with Gasteiger partial charge in [0.1, 0.15) is 0 Å². The Balaban J connectivity index is 3.34. The molecule has 3 nitrogen and oxygen atoms in total. The Labute approximate surface area is 145 Å². The Morgan fingerprint density at radius 3 is 1.43 bits per heavy atom. The molecule has 1 atom stereocenters. The monoisotopic (exact) mass is 329 g/mol. The molecule has 140 valence electrons. The maximum absolute atomic E-state index is 9.06. The van der Waals surface area contributed by atoms with Crippen LogP contribution in [0.4, 0.5) is 0 Å². The first-order valence-electron chi connectivity index (χ1n) is 10.2. The highest BCUT2D eigenvalue weighted by Gasteiger charge is 2.11. The van der Waals surface area contributed by atoms with Crippen molar-refractivity contribution in [1.82, 2.24) is 4.90 Å². The molecular weight excluding hydrogens is 286 g/mol. The number of hydrogen-bond acceptors (Lipinski definition) is 3. The summed E-state index contributed by atoms with van der Waals surface area (Å²) in [6.07, 6.45) is 17.8. The van der Waals surface area contributed by atoms with Crippen LogP contribution in [-0.2, 0) is 0 Å². The van der Waals surface area contributed by atoms with Crippen molar-refractivity contribution in [2.24, 2.45) is 0 Å². The molecule has 0 radical (unpaired) electrons. The summed E-state index contributed by atoms with van der Waals surface area (Å²) in [5.41, 5.74) is 0. The maximum atomic E-state index is 9.06. The standard InChI is InChI=1S/C20H43NO2/c1-3-4-5-6-7-8-9-10-11-12-13-14-15-20(2)21(16-18-22)17-19-23/h20,22-23H,3-19H2,1-2H3. The molecule has 1 unspecified atom stereocenters. The van der Waals surface area contributed by atoms with Crippen LogP contribution >= 0.6 is 0 Å². The fourth-order valence-electron chi connectivity index (χ4n) is 3.27. The zero-order chi connectivity index (χ0) is 17.2. The van der Waals surface area contributed by atoms with Crippen molar-refractivity contribution in [3.63, 3.8) is 0 Å². The van der Waals surface area contributed by atoms with Crippen LogP contribution in [0.1, 0.15) is 97.3 Å². The summed E-state index contributed by atoms with van der Waals surface area (Å²) in [6, 6.07) is 0.470. The molecule has 0 aromatic rings. The normalized spacial score (nSPS) is 12.9. The Bertz CT molecular complexity index is 218. The van der Waals surface area contributed by atoms with Gasteiger partial charge in [-0.15, -0.1) is 0 Å². The van der Waals surface area contributed by atoms with Gasteiger partial charge < -0.3 is 10.2 Å². The van der Waals surface area contributed by atoms with Crippen LogP contribution in [0.5, 0.6) is 0 Å². The Kier molecular flexibility index (Phi) is 18.1. The van der Waals surface area contributed by atoms with Crippen LogP contribution in [-0.4, -0.2) is 47.5 Å². The lowest BCUT2D eigenvalue weighted by molar-refractivity contribution is 0.123. The van der Waals surface area contributed by atoms with Gasteiger partial charge in [0.25, 0.3) is 0 Å². The molecule has 0 aromatic carbocycles. The lowest BCUT2D eigenvalue weighted by Crippen LogP contribution is -2.37. The van der Waals surface area contributed by atoms with Crippen LogP contribution in [0.15, 0.2) is 0 Å². The molecule has 0 aromatic heterocycles. The summed E-state index contributed by atoms with van der Waals surface area (Å²) < 4.78 is 0. The molecule has 0 saturated heterocycles. The zero-order valence-electron chi connectivity index (χ0n) is 15.9. The molecule has 0 bridgehead atoms. The fraction of sp³-hybridized carbons (Fsp3) is 1.00. The quantitative estimate of drug-likeness (QED) is 0.357. The Morgan fingerprint density at radius 1 is 0.652 bits per heavy atom. The van der Waals surface area contributed by atoms with Crippen molar-refractivity contribution < 1.29 is 10.2 Å². The van der Waals surface area contributed by atoms with Crippen molar-refractivity contribution >= 4 is 0 Å². The molecule has 0 rings (SSSR count). The molecule has 0 aliphatic carbocycles. The number of rotatable bonds is 18. The second-order valence-electron chi connectivity index (χ2n) is 7.01. The molecule has 0 amide bonds. The Hall–Kier alpha value is -0.120. The first-order valence-corrected chi connectivity index (χ1v) is 10.2. The molecule has 0 aliphatic rings. The largest absolute Gasteiger partial charge is 0.395 e. The molecule has 0 fully saturated rings. The minimum Gasteiger partial charge on any atom is -0.395 e. The minimum absolute atomic E-state index is 0.183. The minimum atomic E-state index is 0.183. The van der Waals surface area contributed by atoms with E-state index in [0.29, 0.717) is 19.1 Å².